The van der Waals surface area contributed by atoms with E-state index < -0.39 is 20.0 Å². The van der Waals surface area contributed by atoms with Crippen LogP contribution in [0.15, 0.2) is 12.1 Å². The first-order chi connectivity index (χ1) is 15.5. The van der Waals surface area contributed by atoms with Crippen molar-refractivity contribution in [1.82, 2.24) is 0 Å². The molecular formula is C26H41F2O3P. The fraction of sp³-hybridized carbons (Fsp3) is 0.769. The summed E-state index contributed by atoms with van der Waals surface area (Å²) in [7, 11) is -1.97. The molecule has 1 aromatic rings. The molecule has 0 aliphatic heterocycles. The fourth-order valence-corrected chi connectivity index (χ4v) is 6.31. The summed E-state index contributed by atoms with van der Waals surface area (Å²) in [6.45, 7) is 2.41. The average Bonchev–Trinajstić information content (AvgIpc) is 2.80. The van der Waals surface area contributed by atoms with E-state index in [0.717, 1.165) is 43.4 Å². The highest BCUT2D eigenvalue weighted by Crippen LogP contribution is 2.45. The van der Waals surface area contributed by atoms with E-state index in [1.54, 1.807) is 6.07 Å². The second-order valence-electron chi connectivity index (χ2n) is 9.97. The summed E-state index contributed by atoms with van der Waals surface area (Å²) >= 11 is 0. The monoisotopic (exact) mass is 470 g/mol. The number of ether oxygens (including phenoxy) is 1. The van der Waals surface area contributed by atoms with Crippen LogP contribution in [0.5, 0.6) is 5.75 Å². The molecule has 0 spiro atoms. The van der Waals surface area contributed by atoms with Gasteiger partial charge in [0, 0.05) is 6.16 Å². The smallest absolute Gasteiger partial charge is 0.200 e. The lowest BCUT2D eigenvalue weighted by atomic mass is 9.68. The van der Waals surface area contributed by atoms with Crippen LogP contribution in [0.2, 0.25) is 0 Å². The third-order valence-electron chi connectivity index (χ3n) is 7.82. The second-order valence-corrected chi connectivity index (χ2v) is 11.2. The van der Waals surface area contributed by atoms with Crippen LogP contribution < -0.4 is 4.74 Å². The lowest BCUT2D eigenvalue weighted by Crippen LogP contribution is -2.25. The molecule has 0 radical (unpaired) electrons. The number of hydrogen-bond acceptors (Lipinski definition) is 3. The molecule has 0 amide bonds. The third-order valence-corrected chi connectivity index (χ3v) is 8.54. The minimum absolute atomic E-state index is 0.0872. The molecule has 2 fully saturated rings. The summed E-state index contributed by atoms with van der Waals surface area (Å²) in [6, 6.07) is 3.21. The van der Waals surface area contributed by atoms with Gasteiger partial charge in [-0.3, -0.25) is 0 Å². The number of rotatable bonds is 11. The van der Waals surface area contributed by atoms with Crippen molar-refractivity contribution in [3.63, 3.8) is 0 Å². The van der Waals surface area contributed by atoms with Crippen molar-refractivity contribution in [2.75, 3.05) is 12.8 Å². The summed E-state index contributed by atoms with van der Waals surface area (Å²) < 4.78 is 34.6. The topological polar surface area (TPSA) is 49.7 Å². The average molecular weight is 471 g/mol. The van der Waals surface area contributed by atoms with Crippen molar-refractivity contribution in [2.45, 2.75) is 96.3 Å². The molecule has 3 rings (SSSR count). The van der Waals surface area contributed by atoms with Crippen molar-refractivity contribution in [1.29, 1.82) is 0 Å². The van der Waals surface area contributed by atoms with Gasteiger partial charge in [-0.05, 0) is 80.2 Å². The van der Waals surface area contributed by atoms with Crippen molar-refractivity contribution in [3.8, 4) is 5.75 Å². The predicted molar refractivity (Wildman–Crippen MR) is 127 cm³/mol. The first-order valence-electron chi connectivity index (χ1n) is 12.8. The van der Waals surface area contributed by atoms with Crippen LogP contribution in [-0.2, 0) is 0 Å². The number of halogens is 2. The lowest BCUT2D eigenvalue weighted by Gasteiger charge is -2.38. The standard InChI is InChI=1S/C26H41F2O3P/c1-2-3-4-6-19-7-9-20(10-8-19)21-11-13-22(14-12-21)23-15-16-24(26(28)25(23)27)31-17-5-18-32(29)30/h15-16,19-22,29-30H,2-14,17-18H2,1H3. The van der Waals surface area contributed by atoms with Crippen LogP contribution in [0, 0.1) is 29.4 Å². The molecule has 2 aliphatic carbocycles. The maximum atomic E-state index is 14.8. The third kappa shape index (κ3) is 7.37. The predicted octanol–water partition coefficient (Wildman–Crippen LogP) is 7.69. The van der Waals surface area contributed by atoms with E-state index in [2.05, 4.69) is 6.92 Å². The molecule has 0 atom stereocenters. The van der Waals surface area contributed by atoms with Gasteiger partial charge in [0.05, 0.1) is 6.61 Å². The van der Waals surface area contributed by atoms with Gasteiger partial charge < -0.3 is 14.5 Å². The quantitative estimate of drug-likeness (QED) is 0.257. The Morgan fingerprint density at radius 2 is 1.53 bits per heavy atom. The van der Waals surface area contributed by atoms with E-state index >= 15 is 0 Å². The van der Waals surface area contributed by atoms with Gasteiger partial charge in [-0.2, -0.15) is 4.39 Å². The zero-order valence-electron chi connectivity index (χ0n) is 19.6. The van der Waals surface area contributed by atoms with E-state index in [4.69, 9.17) is 14.5 Å². The summed E-state index contributed by atoms with van der Waals surface area (Å²) in [5, 5.41) is 0. The molecule has 2 saturated carbocycles. The van der Waals surface area contributed by atoms with Crippen molar-refractivity contribution >= 4 is 8.38 Å². The summed E-state index contributed by atoms with van der Waals surface area (Å²) in [5.74, 6) is 0.827. The Labute approximate surface area is 193 Å². The first-order valence-corrected chi connectivity index (χ1v) is 14.2. The molecule has 2 aliphatic rings. The maximum Gasteiger partial charge on any atom is 0.200 e. The SMILES string of the molecule is CCCCCC1CCC(C2CCC(c3ccc(OCCCP(O)O)c(F)c3F)CC2)CC1. The van der Waals surface area contributed by atoms with Crippen LogP contribution >= 0.6 is 8.38 Å². The van der Waals surface area contributed by atoms with Crippen molar-refractivity contribution in [3.05, 3.63) is 29.3 Å². The molecule has 1 aromatic carbocycles. The molecule has 0 unspecified atom stereocenters. The van der Waals surface area contributed by atoms with E-state index in [1.165, 1.54) is 57.4 Å². The normalized spacial score (nSPS) is 26.4. The Bertz CT molecular complexity index is 684. The van der Waals surface area contributed by atoms with Gasteiger partial charge in [-0.25, -0.2) is 4.39 Å². The molecule has 0 aromatic heterocycles. The number of unbranched alkanes of at least 4 members (excludes halogenated alkanes) is 2. The van der Waals surface area contributed by atoms with E-state index in [9.17, 15) is 8.78 Å². The van der Waals surface area contributed by atoms with Gasteiger partial charge in [0.1, 0.15) is 0 Å². The van der Waals surface area contributed by atoms with E-state index in [1.807, 2.05) is 0 Å². The lowest BCUT2D eigenvalue weighted by molar-refractivity contribution is 0.155. The maximum absolute atomic E-state index is 14.8. The van der Waals surface area contributed by atoms with Crippen molar-refractivity contribution in [2.24, 2.45) is 17.8 Å². The van der Waals surface area contributed by atoms with Gasteiger partial charge in [0.15, 0.2) is 19.9 Å². The molecule has 182 valence electrons. The molecule has 6 heteroatoms. The Kier molecular flexibility index (Phi) is 10.7. The number of hydrogen-bond donors (Lipinski definition) is 2. The first kappa shape index (κ1) is 25.8. The Hall–Kier alpha value is -0.770. The van der Waals surface area contributed by atoms with Crippen LogP contribution in [-0.4, -0.2) is 22.6 Å². The van der Waals surface area contributed by atoms with Gasteiger partial charge in [0.25, 0.3) is 0 Å². The Morgan fingerprint density at radius 1 is 0.875 bits per heavy atom. The van der Waals surface area contributed by atoms with Crippen LogP contribution in [0.3, 0.4) is 0 Å². The highest BCUT2D eigenvalue weighted by atomic mass is 31.2. The molecule has 0 bridgehead atoms. The molecule has 0 saturated heterocycles. The second kappa shape index (κ2) is 13.2. The highest BCUT2D eigenvalue weighted by Gasteiger charge is 2.32. The van der Waals surface area contributed by atoms with E-state index in [0.29, 0.717) is 12.0 Å². The summed E-state index contributed by atoms with van der Waals surface area (Å²) in [5.41, 5.74) is 0.488. The Balaban J connectivity index is 1.45. The minimum atomic E-state index is -1.97. The molecule has 32 heavy (non-hydrogen) atoms. The zero-order valence-corrected chi connectivity index (χ0v) is 20.5. The van der Waals surface area contributed by atoms with E-state index in [-0.39, 0.29) is 24.4 Å². The van der Waals surface area contributed by atoms with Gasteiger partial charge in [0.2, 0.25) is 5.82 Å². The zero-order chi connectivity index (χ0) is 22.9. The summed E-state index contributed by atoms with van der Waals surface area (Å²) in [6.07, 6.45) is 15.7. The molecule has 0 heterocycles. The molecular weight excluding hydrogens is 429 g/mol. The van der Waals surface area contributed by atoms with Gasteiger partial charge in [-0.15, -0.1) is 0 Å². The molecule has 3 nitrogen and oxygen atoms in total. The van der Waals surface area contributed by atoms with Gasteiger partial charge >= 0.3 is 0 Å². The fourth-order valence-electron chi connectivity index (χ4n) is 5.89. The van der Waals surface area contributed by atoms with Crippen LogP contribution in [0.4, 0.5) is 8.78 Å². The van der Waals surface area contributed by atoms with Crippen LogP contribution in [0.25, 0.3) is 0 Å². The van der Waals surface area contributed by atoms with Gasteiger partial charge in [-0.1, -0.05) is 51.5 Å². The summed E-state index contributed by atoms with van der Waals surface area (Å²) in [4.78, 5) is 17.8. The highest BCUT2D eigenvalue weighted by molar-refractivity contribution is 7.45. The largest absolute Gasteiger partial charge is 0.490 e. The van der Waals surface area contributed by atoms with Crippen molar-refractivity contribution < 1.29 is 23.3 Å². The molecule has 2 N–H and O–H groups in total. The minimum Gasteiger partial charge on any atom is -0.490 e. The Morgan fingerprint density at radius 3 is 2.16 bits per heavy atom. The van der Waals surface area contributed by atoms with Crippen LogP contribution in [0.1, 0.15) is 102 Å². The number of benzene rings is 1.